The Kier molecular flexibility index (Phi) is 6.28. The molecule has 0 N–H and O–H groups in total. The van der Waals surface area contributed by atoms with Crippen molar-refractivity contribution in [2.75, 3.05) is 9.80 Å². The van der Waals surface area contributed by atoms with E-state index in [2.05, 4.69) is 39.8 Å². The van der Waals surface area contributed by atoms with Crippen molar-refractivity contribution in [3.8, 4) is 5.69 Å². The van der Waals surface area contributed by atoms with E-state index in [1.165, 1.54) is 4.90 Å². The smallest absolute Gasteiger partial charge is 0.252 e. The number of nitrogens with zero attached hydrogens (tertiary/aromatic N) is 3. The summed E-state index contributed by atoms with van der Waals surface area (Å²) >= 11 is 0. The van der Waals surface area contributed by atoms with Gasteiger partial charge in [-0.15, -0.1) is 0 Å². The molecule has 3 heterocycles. The first-order valence-corrected chi connectivity index (χ1v) is 16.5. The van der Waals surface area contributed by atoms with Crippen LogP contribution < -0.4 is 26.2 Å². The number of rotatable bonds is 3. The van der Waals surface area contributed by atoms with Gasteiger partial charge in [0.05, 0.1) is 22.4 Å². The number of benzene rings is 7. The molecule has 8 aromatic rings. The molecule has 1 aromatic heterocycles. The molecule has 0 saturated heterocycles. The van der Waals surface area contributed by atoms with Crippen LogP contribution in [0.3, 0.4) is 0 Å². The number of anilines is 6. The van der Waals surface area contributed by atoms with Gasteiger partial charge in [-0.05, 0) is 64.9 Å². The number of halogens is 5. The Bertz CT molecular complexity index is 2680. The number of aromatic nitrogens is 1. The van der Waals surface area contributed by atoms with E-state index < -0.39 is 41.5 Å². The maximum absolute atomic E-state index is 15.7. The summed E-state index contributed by atoms with van der Waals surface area (Å²) in [7, 11) is 0. The summed E-state index contributed by atoms with van der Waals surface area (Å²) < 4.78 is 77.7. The average Bonchev–Trinajstić information content (AvgIpc) is 3.51. The molecule has 51 heavy (non-hydrogen) atoms. The second-order valence-corrected chi connectivity index (χ2v) is 12.7. The molecular weight excluding hydrogens is 652 g/mol. The van der Waals surface area contributed by atoms with Crippen LogP contribution in [0.4, 0.5) is 56.1 Å². The molecule has 2 aliphatic heterocycles. The molecule has 0 radical (unpaired) electrons. The maximum Gasteiger partial charge on any atom is 0.252 e. The van der Waals surface area contributed by atoms with Gasteiger partial charge in [0.15, 0.2) is 23.3 Å². The Morgan fingerprint density at radius 1 is 0.353 bits per heavy atom. The van der Waals surface area contributed by atoms with Gasteiger partial charge in [-0.2, -0.15) is 0 Å². The van der Waals surface area contributed by atoms with Crippen molar-refractivity contribution in [2.45, 2.75) is 0 Å². The van der Waals surface area contributed by atoms with Gasteiger partial charge >= 0.3 is 0 Å². The molecule has 0 fully saturated rings. The van der Waals surface area contributed by atoms with Crippen molar-refractivity contribution in [3.05, 3.63) is 169 Å². The second kappa shape index (κ2) is 10.8. The van der Waals surface area contributed by atoms with Crippen molar-refractivity contribution in [2.24, 2.45) is 0 Å². The predicted octanol–water partition coefficient (Wildman–Crippen LogP) is 9.56. The molecule has 0 saturated carbocycles. The summed E-state index contributed by atoms with van der Waals surface area (Å²) in [6.45, 7) is -0.405. The van der Waals surface area contributed by atoms with Gasteiger partial charge in [0.1, 0.15) is 5.69 Å². The second-order valence-electron chi connectivity index (χ2n) is 12.7. The fraction of sp³-hybridized carbons (Fsp3) is 0. The molecule has 10 rings (SSSR count). The zero-order valence-corrected chi connectivity index (χ0v) is 26.6. The maximum atomic E-state index is 15.7. The van der Waals surface area contributed by atoms with E-state index in [4.69, 9.17) is 0 Å². The predicted molar refractivity (Wildman–Crippen MR) is 195 cm³/mol. The number of fused-ring (bicyclic) bond motifs is 7. The zero-order chi connectivity index (χ0) is 34.5. The van der Waals surface area contributed by atoms with Crippen LogP contribution in [-0.2, 0) is 0 Å². The van der Waals surface area contributed by atoms with Gasteiger partial charge in [0, 0.05) is 33.5 Å². The molecule has 3 nitrogen and oxygen atoms in total. The minimum Gasteiger partial charge on any atom is -0.309 e. The minimum atomic E-state index is -2.20. The third kappa shape index (κ3) is 3.94. The molecule has 0 aliphatic carbocycles. The molecular formula is C42H23BF5N3. The normalized spacial score (nSPS) is 13.1. The summed E-state index contributed by atoms with van der Waals surface area (Å²) in [5.41, 5.74) is 7.29. The quantitative estimate of drug-likeness (QED) is 0.0800. The SMILES string of the molecule is Fc1c(F)c(F)c(N2c3ccccc3B3c4ccccc4N(c4ccccc4-n4c5ccccc5c5ccccc54)c4cccc2c43)c(F)c1F. The van der Waals surface area contributed by atoms with E-state index in [1.54, 1.807) is 24.3 Å². The Morgan fingerprint density at radius 2 is 0.765 bits per heavy atom. The van der Waals surface area contributed by atoms with E-state index in [1.807, 2.05) is 84.9 Å². The van der Waals surface area contributed by atoms with Crippen LogP contribution in [0, 0.1) is 29.1 Å². The molecule has 7 aromatic carbocycles. The molecule has 9 heteroatoms. The third-order valence-electron chi connectivity index (χ3n) is 10.2. The summed E-state index contributed by atoms with van der Waals surface area (Å²) in [6, 6.07) is 44.9. The lowest BCUT2D eigenvalue weighted by Crippen LogP contribution is -2.61. The Balaban J connectivity index is 1.29. The van der Waals surface area contributed by atoms with E-state index in [0.717, 1.165) is 44.3 Å². The first-order valence-electron chi connectivity index (χ1n) is 16.5. The number of hydrogen-bond donors (Lipinski definition) is 0. The van der Waals surface area contributed by atoms with Crippen LogP contribution in [0.15, 0.2) is 140 Å². The topological polar surface area (TPSA) is 11.4 Å². The average molecular weight is 675 g/mol. The molecule has 244 valence electrons. The largest absolute Gasteiger partial charge is 0.309 e. The first kappa shape index (κ1) is 29.6. The fourth-order valence-electron chi connectivity index (χ4n) is 8.15. The summed E-state index contributed by atoms with van der Waals surface area (Å²) in [5, 5.41) is 2.21. The van der Waals surface area contributed by atoms with E-state index in [0.29, 0.717) is 28.0 Å². The molecule has 0 unspecified atom stereocenters. The Labute approximate surface area is 289 Å². The lowest BCUT2D eigenvalue weighted by atomic mass is 9.33. The Hall–Kier alpha value is -6.35. The molecule has 0 spiro atoms. The molecule has 0 bridgehead atoms. The van der Waals surface area contributed by atoms with Gasteiger partial charge in [0.25, 0.3) is 6.71 Å². The molecule has 0 atom stereocenters. The zero-order valence-electron chi connectivity index (χ0n) is 26.6. The van der Waals surface area contributed by atoms with Gasteiger partial charge in [-0.25, -0.2) is 22.0 Å². The van der Waals surface area contributed by atoms with E-state index >= 15 is 8.78 Å². The first-order chi connectivity index (χ1) is 25.0. The third-order valence-corrected chi connectivity index (χ3v) is 10.2. The molecule has 2 aliphatic rings. The van der Waals surface area contributed by atoms with Crippen LogP contribution in [0.25, 0.3) is 27.5 Å². The van der Waals surface area contributed by atoms with Gasteiger partial charge < -0.3 is 14.4 Å². The number of para-hydroxylation sites is 6. The fourth-order valence-corrected chi connectivity index (χ4v) is 8.15. The molecule has 0 amide bonds. The summed E-state index contributed by atoms with van der Waals surface area (Å²) in [6.07, 6.45) is 0. The Morgan fingerprint density at radius 3 is 1.35 bits per heavy atom. The highest BCUT2D eigenvalue weighted by molar-refractivity contribution is 7.00. The highest BCUT2D eigenvalue weighted by Crippen LogP contribution is 2.47. The monoisotopic (exact) mass is 675 g/mol. The van der Waals surface area contributed by atoms with E-state index in [9.17, 15) is 13.2 Å². The van der Waals surface area contributed by atoms with Crippen LogP contribution in [0.2, 0.25) is 0 Å². The minimum absolute atomic E-state index is 0.313. The van der Waals surface area contributed by atoms with Crippen LogP contribution in [0.1, 0.15) is 0 Å². The van der Waals surface area contributed by atoms with Crippen LogP contribution >= 0.6 is 0 Å². The highest BCUT2D eigenvalue weighted by atomic mass is 19.2. The van der Waals surface area contributed by atoms with Crippen molar-refractivity contribution in [1.29, 1.82) is 0 Å². The summed E-state index contributed by atoms with van der Waals surface area (Å²) in [4.78, 5) is 3.31. The van der Waals surface area contributed by atoms with E-state index in [-0.39, 0.29) is 0 Å². The number of hydrogen-bond acceptors (Lipinski definition) is 2. The lowest BCUT2D eigenvalue weighted by molar-refractivity contribution is 0.380. The highest BCUT2D eigenvalue weighted by Gasteiger charge is 2.45. The van der Waals surface area contributed by atoms with Gasteiger partial charge in [-0.3, -0.25) is 0 Å². The van der Waals surface area contributed by atoms with Gasteiger partial charge in [-0.1, -0.05) is 91.0 Å². The van der Waals surface area contributed by atoms with Crippen molar-refractivity contribution >= 4 is 79.0 Å². The summed E-state index contributed by atoms with van der Waals surface area (Å²) in [5.74, 6) is -10.0. The lowest BCUT2D eigenvalue weighted by Gasteiger charge is -2.44. The van der Waals surface area contributed by atoms with Crippen molar-refractivity contribution in [1.82, 2.24) is 4.57 Å². The van der Waals surface area contributed by atoms with Crippen LogP contribution in [0.5, 0.6) is 0 Å². The van der Waals surface area contributed by atoms with Gasteiger partial charge in [0.2, 0.25) is 5.82 Å². The standard InChI is InChI=1S/C42H23BF5N3/c44-37-38(45)40(47)42(41(48)39(37)46)51-31-19-8-4-15-27(31)43-26-14-3-7-18-30(26)50(34-22-11-23-35(51)36(34)43)33-21-10-9-20-32(33)49-28-16-5-1-12-24(28)25-13-2-6-17-29(25)49/h1-23H. The van der Waals surface area contributed by atoms with Crippen molar-refractivity contribution < 1.29 is 22.0 Å². The van der Waals surface area contributed by atoms with Crippen molar-refractivity contribution in [3.63, 3.8) is 0 Å². The van der Waals surface area contributed by atoms with Crippen LogP contribution in [-0.4, -0.2) is 11.3 Å².